The predicted octanol–water partition coefficient (Wildman–Crippen LogP) is 3.55. The summed E-state index contributed by atoms with van der Waals surface area (Å²) in [6.07, 6.45) is 6.89. The molecule has 3 aromatic rings. The zero-order chi connectivity index (χ0) is 19.5. The number of aromatic nitrogens is 3. The summed E-state index contributed by atoms with van der Waals surface area (Å²) in [5.74, 6) is 0.823. The van der Waals surface area contributed by atoms with Gasteiger partial charge in [-0.25, -0.2) is 0 Å². The Bertz CT molecular complexity index is 970. The normalized spacial score (nSPS) is 16.8. The molecule has 0 fully saturated rings. The molecule has 7 heteroatoms. The van der Waals surface area contributed by atoms with Gasteiger partial charge in [0.25, 0.3) is 5.91 Å². The highest BCUT2D eigenvalue weighted by Gasteiger charge is 2.25. The summed E-state index contributed by atoms with van der Waals surface area (Å²) in [7, 11) is 0. The van der Waals surface area contributed by atoms with Gasteiger partial charge in [-0.1, -0.05) is 5.16 Å². The van der Waals surface area contributed by atoms with Crippen LogP contribution < -0.4 is 5.32 Å². The molecule has 1 aliphatic rings. The Labute approximate surface area is 163 Å². The number of pyridine rings is 1. The number of carbonyl (C=O) groups excluding carboxylic acids is 1. The van der Waals surface area contributed by atoms with Gasteiger partial charge in [0, 0.05) is 24.5 Å². The van der Waals surface area contributed by atoms with Crippen LogP contribution in [-0.2, 0) is 6.54 Å². The molecule has 0 saturated heterocycles. The van der Waals surface area contributed by atoms with Gasteiger partial charge < -0.3 is 19.7 Å². The largest absolute Gasteiger partial charge is 0.381 e. The van der Waals surface area contributed by atoms with Crippen molar-refractivity contribution in [2.45, 2.75) is 45.7 Å². The van der Waals surface area contributed by atoms with Crippen LogP contribution in [0, 0.1) is 6.92 Å². The van der Waals surface area contributed by atoms with Gasteiger partial charge in [0.1, 0.15) is 5.69 Å². The molecule has 0 spiro atoms. The van der Waals surface area contributed by atoms with Gasteiger partial charge in [-0.15, -0.1) is 0 Å². The average molecular weight is 379 g/mol. The molecule has 1 amide bonds. The number of carbonyl (C=O) groups is 1. The second kappa shape index (κ2) is 7.88. The lowest BCUT2D eigenvalue weighted by Gasteiger charge is -2.32. The highest BCUT2D eigenvalue weighted by atomic mass is 16.5. The first-order valence-electron chi connectivity index (χ1n) is 9.75. The summed E-state index contributed by atoms with van der Waals surface area (Å²) in [4.78, 5) is 22.6. The van der Waals surface area contributed by atoms with Crippen molar-refractivity contribution in [2.24, 2.45) is 0 Å². The Morgan fingerprint density at radius 2 is 2.32 bits per heavy atom. The smallest absolute Gasteiger partial charge is 0.270 e. The van der Waals surface area contributed by atoms with Gasteiger partial charge in [-0.05, 0) is 57.4 Å². The maximum absolute atomic E-state index is 13.1. The van der Waals surface area contributed by atoms with Crippen LogP contribution in [0.15, 0.2) is 46.8 Å². The number of aromatic amines is 1. The van der Waals surface area contributed by atoms with Crippen LogP contribution in [0.3, 0.4) is 0 Å². The fourth-order valence-corrected chi connectivity index (χ4v) is 3.75. The number of nitrogens with zero attached hydrogens (tertiary/aromatic N) is 3. The molecule has 4 rings (SSSR count). The van der Waals surface area contributed by atoms with E-state index < -0.39 is 0 Å². The molecule has 28 heavy (non-hydrogen) atoms. The third kappa shape index (κ3) is 3.78. The van der Waals surface area contributed by atoms with E-state index in [0.29, 0.717) is 18.8 Å². The van der Waals surface area contributed by atoms with E-state index in [1.807, 2.05) is 43.0 Å². The summed E-state index contributed by atoms with van der Waals surface area (Å²) >= 11 is 0. The zero-order valence-electron chi connectivity index (χ0n) is 16.2. The second-order valence-corrected chi connectivity index (χ2v) is 7.15. The number of nitrogens with one attached hydrogen (secondary N) is 2. The summed E-state index contributed by atoms with van der Waals surface area (Å²) in [5.41, 5.74) is 4.30. The highest BCUT2D eigenvalue weighted by molar-refractivity contribution is 5.97. The van der Waals surface area contributed by atoms with E-state index in [4.69, 9.17) is 4.52 Å². The topological polar surface area (TPSA) is 87.0 Å². The number of fused-ring (bicyclic) bond motifs is 1. The van der Waals surface area contributed by atoms with Gasteiger partial charge in [-0.3, -0.25) is 9.78 Å². The molecule has 7 nitrogen and oxygen atoms in total. The van der Waals surface area contributed by atoms with E-state index >= 15 is 0 Å². The maximum Gasteiger partial charge on any atom is 0.270 e. The first kappa shape index (κ1) is 18.3. The number of aryl methyl sites for hydroxylation is 1. The minimum Gasteiger partial charge on any atom is -0.381 e. The van der Waals surface area contributed by atoms with Gasteiger partial charge in [0.2, 0.25) is 0 Å². The van der Waals surface area contributed by atoms with Crippen LogP contribution in [0.25, 0.3) is 11.0 Å². The van der Waals surface area contributed by atoms with E-state index in [2.05, 4.69) is 26.5 Å². The molecule has 2 N–H and O–H groups in total. The summed E-state index contributed by atoms with van der Waals surface area (Å²) in [6.45, 7) is 5.18. The number of allylic oxidation sites excluding steroid dienone is 1. The van der Waals surface area contributed by atoms with Crippen LogP contribution in [-0.4, -0.2) is 38.5 Å². The monoisotopic (exact) mass is 379 g/mol. The van der Waals surface area contributed by atoms with Crippen LogP contribution in [0.5, 0.6) is 0 Å². The first-order valence-corrected chi connectivity index (χ1v) is 9.75. The standard InChI is InChI=1S/C21H25N5O2/c1-3-26(21(27)20-12-19-18(24-20)8-5-9-22-19)16-7-4-6-15(11-16)23-13-17-10-14(2)25-28-17/h5,8-12,16,23-24H,3-4,6-7,13H2,1-2H3/t16-/m0/s1. The van der Waals surface area contributed by atoms with Crippen molar-refractivity contribution in [2.75, 3.05) is 6.54 Å². The third-order valence-electron chi connectivity index (χ3n) is 5.13. The van der Waals surface area contributed by atoms with Crippen molar-refractivity contribution in [1.82, 2.24) is 25.3 Å². The van der Waals surface area contributed by atoms with E-state index in [0.717, 1.165) is 47.4 Å². The fourth-order valence-electron chi connectivity index (χ4n) is 3.75. The lowest BCUT2D eigenvalue weighted by atomic mass is 9.98. The minimum atomic E-state index is 0.00820. The van der Waals surface area contributed by atoms with Gasteiger partial charge in [0.05, 0.1) is 29.3 Å². The van der Waals surface area contributed by atoms with Crippen LogP contribution in [0.1, 0.15) is 48.1 Å². The van der Waals surface area contributed by atoms with Crippen molar-refractivity contribution < 1.29 is 9.32 Å². The first-order chi connectivity index (χ1) is 13.6. The Morgan fingerprint density at radius 1 is 1.43 bits per heavy atom. The molecule has 0 unspecified atom stereocenters. The SMILES string of the molecule is CCN(C(=O)c1cc2ncccc2[nH]1)[C@@H]1C=C(NCc2cc(C)no2)CCC1. The minimum absolute atomic E-state index is 0.00820. The Hall–Kier alpha value is -3.09. The van der Waals surface area contributed by atoms with Crippen LogP contribution in [0.2, 0.25) is 0 Å². The molecule has 1 aliphatic carbocycles. The third-order valence-corrected chi connectivity index (χ3v) is 5.13. The van der Waals surface area contributed by atoms with Gasteiger partial charge in [-0.2, -0.15) is 0 Å². The van der Waals surface area contributed by atoms with E-state index in [9.17, 15) is 4.79 Å². The van der Waals surface area contributed by atoms with Crippen LogP contribution in [0.4, 0.5) is 0 Å². The summed E-state index contributed by atoms with van der Waals surface area (Å²) in [5, 5.41) is 7.35. The lowest BCUT2D eigenvalue weighted by molar-refractivity contribution is 0.0706. The van der Waals surface area contributed by atoms with Crippen molar-refractivity contribution in [3.05, 3.63) is 59.4 Å². The number of amides is 1. The predicted molar refractivity (Wildman–Crippen MR) is 107 cm³/mol. The molecular weight excluding hydrogens is 354 g/mol. The molecule has 3 aromatic heterocycles. The maximum atomic E-state index is 13.1. The number of hydrogen-bond acceptors (Lipinski definition) is 5. The Kier molecular flexibility index (Phi) is 5.14. The Balaban J connectivity index is 1.48. The molecule has 146 valence electrons. The van der Waals surface area contributed by atoms with Crippen LogP contribution >= 0.6 is 0 Å². The molecule has 1 atom stereocenters. The van der Waals surface area contributed by atoms with Crippen molar-refractivity contribution in [3.8, 4) is 0 Å². The van der Waals surface area contributed by atoms with Gasteiger partial charge >= 0.3 is 0 Å². The second-order valence-electron chi connectivity index (χ2n) is 7.15. The van der Waals surface area contributed by atoms with Crippen molar-refractivity contribution >= 4 is 16.9 Å². The lowest BCUT2D eigenvalue weighted by Crippen LogP contribution is -2.41. The summed E-state index contributed by atoms with van der Waals surface area (Å²) < 4.78 is 5.26. The summed E-state index contributed by atoms with van der Waals surface area (Å²) in [6, 6.07) is 7.63. The van der Waals surface area contributed by atoms with Gasteiger partial charge in [0.15, 0.2) is 5.76 Å². The molecular formula is C21H25N5O2. The highest BCUT2D eigenvalue weighted by Crippen LogP contribution is 2.23. The number of likely N-dealkylation sites (N-methyl/N-ethyl adjacent to an activating group) is 1. The average Bonchev–Trinajstić information content (AvgIpc) is 3.33. The quantitative estimate of drug-likeness (QED) is 0.684. The van der Waals surface area contributed by atoms with E-state index in [1.165, 1.54) is 0 Å². The van der Waals surface area contributed by atoms with Crippen molar-refractivity contribution in [3.63, 3.8) is 0 Å². The molecule has 0 aliphatic heterocycles. The van der Waals surface area contributed by atoms with E-state index in [1.54, 1.807) is 6.20 Å². The number of hydrogen-bond donors (Lipinski definition) is 2. The Morgan fingerprint density at radius 3 is 3.07 bits per heavy atom. The molecule has 3 heterocycles. The molecule has 0 saturated carbocycles. The van der Waals surface area contributed by atoms with Crippen molar-refractivity contribution in [1.29, 1.82) is 0 Å². The number of rotatable bonds is 6. The zero-order valence-corrected chi connectivity index (χ0v) is 16.2. The number of H-pyrrole nitrogens is 1. The molecule has 0 radical (unpaired) electrons. The molecule has 0 bridgehead atoms. The fraction of sp³-hybridized carbons (Fsp3) is 0.381. The molecule has 0 aromatic carbocycles. The van der Waals surface area contributed by atoms with E-state index in [-0.39, 0.29) is 11.9 Å².